The molecule has 0 radical (unpaired) electrons. The van der Waals surface area contributed by atoms with Crippen LogP contribution in [0.15, 0.2) is 24.3 Å². The first-order valence-corrected chi connectivity index (χ1v) is 5.07. The van der Waals surface area contributed by atoms with Gasteiger partial charge in [0.2, 0.25) is 0 Å². The van der Waals surface area contributed by atoms with E-state index in [2.05, 4.69) is 0 Å². The molecule has 0 saturated heterocycles. The van der Waals surface area contributed by atoms with Crippen molar-refractivity contribution in [2.24, 2.45) is 0 Å². The van der Waals surface area contributed by atoms with Crippen LogP contribution in [0.4, 0.5) is 8.78 Å². The highest BCUT2D eigenvalue weighted by atomic mass is 19.3. The molecule has 5 heteroatoms. The van der Waals surface area contributed by atoms with E-state index in [1.54, 1.807) is 0 Å². The fourth-order valence-corrected chi connectivity index (χ4v) is 1.97. The summed E-state index contributed by atoms with van der Waals surface area (Å²) >= 11 is 0. The number of carbonyl (C=O) groups is 1. The number of halogens is 2. The van der Waals surface area contributed by atoms with E-state index >= 15 is 0 Å². The van der Waals surface area contributed by atoms with Crippen LogP contribution in [-0.4, -0.2) is 22.1 Å². The smallest absolute Gasteiger partial charge is 0.379 e. The van der Waals surface area contributed by atoms with Gasteiger partial charge in [0.05, 0.1) is 0 Å². The summed E-state index contributed by atoms with van der Waals surface area (Å²) in [5.74, 6) is -6.18. The molecule has 0 heterocycles. The lowest BCUT2D eigenvalue weighted by Gasteiger charge is -2.22. The molecule has 90 valence electrons. The Balaban J connectivity index is 2.57. The van der Waals surface area contributed by atoms with E-state index in [1.165, 1.54) is 24.3 Å². The summed E-state index contributed by atoms with van der Waals surface area (Å²) in [6.45, 7) is 0. The zero-order valence-electron chi connectivity index (χ0n) is 8.78. The van der Waals surface area contributed by atoms with Gasteiger partial charge in [0.1, 0.15) is 5.75 Å². The first-order chi connectivity index (χ1) is 7.94. The first-order valence-electron chi connectivity index (χ1n) is 5.07. The van der Waals surface area contributed by atoms with Crippen LogP contribution in [0.1, 0.15) is 17.5 Å². The van der Waals surface area contributed by atoms with Gasteiger partial charge in [0, 0.05) is 11.1 Å². The summed E-state index contributed by atoms with van der Waals surface area (Å²) in [6.07, 6.45) is 1.94. The number of rotatable bonds is 2. The molecular weight excluding hydrogens is 230 g/mol. The minimum atomic E-state index is -3.93. The van der Waals surface area contributed by atoms with E-state index in [1.807, 2.05) is 0 Å². The average molecular weight is 240 g/mol. The number of aliphatic carboxylic acids is 1. The van der Waals surface area contributed by atoms with Crippen molar-refractivity contribution in [1.29, 1.82) is 0 Å². The maximum Gasteiger partial charge on any atom is 0.379 e. The topological polar surface area (TPSA) is 57.5 Å². The largest absolute Gasteiger partial charge is 0.508 e. The maximum absolute atomic E-state index is 13.5. The lowest BCUT2D eigenvalue weighted by molar-refractivity contribution is -0.156. The zero-order valence-corrected chi connectivity index (χ0v) is 8.78. The number of fused-ring (bicyclic) bond motifs is 1. The molecule has 1 aliphatic carbocycles. The number of aromatic hydroxyl groups is 1. The third-order valence-corrected chi connectivity index (χ3v) is 2.79. The molecule has 1 aliphatic rings. The molecule has 0 aromatic heterocycles. The molecule has 0 unspecified atom stereocenters. The Morgan fingerprint density at radius 1 is 1.35 bits per heavy atom. The van der Waals surface area contributed by atoms with E-state index < -0.39 is 17.5 Å². The molecule has 17 heavy (non-hydrogen) atoms. The molecule has 0 fully saturated rings. The predicted molar refractivity (Wildman–Crippen MR) is 57.0 cm³/mol. The summed E-state index contributed by atoms with van der Waals surface area (Å²) in [5, 5.41) is 18.1. The normalized spacial score (nSPS) is 15.1. The second kappa shape index (κ2) is 3.84. The van der Waals surface area contributed by atoms with E-state index in [0.717, 1.165) is 0 Å². The molecule has 0 amide bonds. The van der Waals surface area contributed by atoms with Gasteiger partial charge in [-0.3, -0.25) is 0 Å². The Kier molecular flexibility index (Phi) is 2.61. The van der Waals surface area contributed by atoms with Gasteiger partial charge in [-0.15, -0.1) is 0 Å². The van der Waals surface area contributed by atoms with Gasteiger partial charge in [0.25, 0.3) is 0 Å². The number of alkyl halides is 2. The van der Waals surface area contributed by atoms with Gasteiger partial charge >= 0.3 is 11.9 Å². The van der Waals surface area contributed by atoms with Crippen molar-refractivity contribution in [1.82, 2.24) is 0 Å². The quantitative estimate of drug-likeness (QED) is 0.834. The molecule has 0 atom stereocenters. The molecule has 3 nitrogen and oxygen atoms in total. The Morgan fingerprint density at radius 2 is 2.06 bits per heavy atom. The Bertz CT molecular complexity index is 506. The molecule has 2 N–H and O–H groups in total. The second-order valence-corrected chi connectivity index (χ2v) is 3.84. The maximum atomic E-state index is 13.5. The molecular formula is C12H10F2O3. The molecule has 1 aromatic rings. The van der Waals surface area contributed by atoms with Crippen LogP contribution < -0.4 is 0 Å². The van der Waals surface area contributed by atoms with Crippen LogP contribution in [0.5, 0.6) is 5.75 Å². The van der Waals surface area contributed by atoms with Gasteiger partial charge in [-0.2, -0.15) is 8.78 Å². The van der Waals surface area contributed by atoms with Crippen molar-refractivity contribution < 1.29 is 23.8 Å². The first kappa shape index (κ1) is 11.6. The average Bonchev–Trinajstić information content (AvgIpc) is 2.28. The number of phenolic OH excluding ortho intramolecular Hbond substituents is 1. The minimum Gasteiger partial charge on any atom is -0.508 e. The summed E-state index contributed by atoms with van der Waals surface area (Å²) in [7, 11) is 0. The number of allylic oxidation sites excluding steroid dienone is 1. The summed E-state index contributed by atoms with van der Waals surface area (Å²) in [6, 6.07) is 4.23. The van der Waals surface area contributed by atoms with Crippen molar-refractivity contribution in [2.75, 3.05) is 0 Å². The summed E-state index contributed by atoms with van der Waals surface area (Å²) in [5.41, 5.74) is -0.0447. The lowest BCUT2D eigenvalue weighted by Crippen LogP contribution is -2.31. The van der Waals surface area contributed by atoms with Crippen molar-refractivity contribution in [3.05, 3.63) is 35.4 Å². The van der Waals surface area contributed by atoms with E-state index in [0.29, 0.717) is 18.4 Å². The Morgan fingerprint density at radius 3 is 2.71 bits per heavy atom. The Labute approximate surface area is 96.0 Å². The van der Waals surface area contributed by atoms with E-state index in [9.17, 15) is 18.7 Å². The van der Waals surface area contributed by atoms with Crippen LogP contribution in [0.3, 0.4) is 0 Å². The van der Waals surface area contributed by atoms with Crippen LogP contribution in [0.2, 0.25) is 0 Å². The van der Waals surface area contributed by atoms with Gasteiger partial charge in [-0.25, -0.2) is 4.79 Å². The van der Waals surface area contributed by atoms with Crippen LogP contribution in [-0.2, 0) is 11.2 Å². The highest BCUT2D eigenvalue weighted by Crippen LogP contribution is 2.40. The van der Waals surface area contributed by atoms with Crippen LogP contribution in [0, 0.1) is 0 Å². The van der Waals surface area contributed by atoms with Crippen molar-refractivity contribution in [3.63, 3.8) is 0 Å². The van der Waals surface area contributed by atoms with E-state index in [-0.39, 0.29) is 11.3 Å². The van der Waals surface area contributed by atoms with Crippen molar-refractivity contribution >= 4 is 11.5 Å². The fourth-order valence-electron chi connectivity index (χ4n) is 1.97. The molecule has 1 aromatic carbocycles. The highest BCUT2D eigenvalue weighted by molar-refractivity contribution is 5.94. The monoisotopic (exact) mass is 240 g/mol. The summed E-state index contributed by atoms with van der Waals surface area (Å²) in [4.78, 5) is 10.6. The number of hydrogen-bond donors (Lipinski definition) is 2. The molecule has 0 spiro atoms. The van der Waals surface area contributed by atoms with Crippen molar-refractivity contribution in [3.8, 4) is 5.75 Å². The van der Waals surface area contributed by atoms with Crippen molar-refractivity contribution in [2.45, 2.75) is 18.8 Å². The SMILES string of the molecule is O=C(O)C(F)(F)C1=CCCc2c(O)cccc21. The third-order valence-electron chi connectivity index (χ3n) is 2.79. The molecule has 0 bridgehead atoms. The standard InChI is InChI=1S/C12H10F2O3/c13-12(14,11(16)17)9-5-1-4-8-7(9)3-2-6-10(8)15/h2-3,5-6,15H,1,4H2,(H,16,17). The number of carboxylic acid groups (broad SMARTS) is 1. The number of phenols is 1. The minimum absolute atomic E-state index is 0.0747. The number of carboxylic acids is 1. The second-order valence-electron chi connectivity index (χ2n) is 3.84. The summed E-state index contributed by atoms with van der Waals surface area (Å²) < 4.78 is 27.0. The lowest BCUT2D eigenvalue weighted by atomic mass is 9.87. The number of hydrogen-bond acceptors (Lipinski definition) is 2. The van der Waals surface area contributed by atoms with Gasteiger partial charge in [-0.1, -0.05) is 18.2 Å². The number of benzene rings is 1. The van der Waals surface area contributed by atoms with Gasteiger partial charge < -0.3 is 10.2 Å². The van der Waals surface area contributed by atoms with Crippen LogP contribution >= 0.6 is 0 Å². The third kappa shape index (κ3) is 1.77. The zero-order chi connectivity index (χ0) is 12.6. The molecule has 0 saturated carbocycles. The molecule has 0 aliphatic heterocycles. The van der Waals surface area contributed by atoms with E-state index in [4.69, 9.17) is 5.11 Å². The Hall–Kier alpha value is -1.91. The van der Waals surface area contributed by atoms with Crippen LogP contribution in [0.25, 0.3) is 5.57 Å². The fraction of sp³-hybridized carbons (Fsp3) is 0.250. The van der Waals surface area contributed by atoms with Gasteiger partial charge in [-0.05, 0) is 24.5 Å². The predicted octanol–water partition coefficient (Wildman–Crippen LogP) is 2.44. The molecule has 2 rings (SSSR count). The highest BCUT2D eigenvalue weighted by Gasteiger charge is 2.45. The van der Waals surface area contributed by atoms with Gasteiger partial charge in [0.15, 0.2) is 0 Å².